The van der Waals surface area contributed by atoms with Crippen LogP contribution in [-0.2, 0) is 0 Å². The Hall–Kier alpha value is -2.18. The summed E-state index contributed by atoms with van der Waals surface area (Å²) in [6, 6.07) is 4.31. The highest BCUT2D eigenvalue weighted by Crippen LogP contribution is 2.32. The monoisotopic (exact) mass is 369 g/mol. The number of hydrazine groups is 1. The zero-order valence-electron chi connectivity index (χ0n) is 15.7. The van der Waals surface area contributed by atoms with Crippen LogP contribution in [0.5, 0.6) is 0 Å². The van der Waals surface area contributed by atoms with E-state index < -0.39 is 0 Å². The molecule has 0 unspecified atom stereocenters. The Morgan fingerprint density at radius 1 is 1.12 bits per heavy atom. The number of nitrogens with zero attached hydrogens (tertiary/aromatic N) is 2. The van der Waals surface area contributed by atoms with Gasteiger partial charge in [-0.25, -0.2) is 5.43 Å². The Kier molecular flexibility index (Phi) is 6.41. The molecule has 0 aliphatic heterocycles. The zero-order chi connectivity index (χ0) is 18.4. The second-order valence-corrected chi connectivity index (χ2v) is 7.54. The maximum atomic E-state index is 4.38. The number of nitrogens with one attached hydrogen (secondary N) is 3. The Morgan fingerprint density at radius 2 is 2.00 bits per heavy atom. The molecule has 0 atom stereocenters. The number of rotatable bonds is 8. The average molecular weight is 370 g/mol. The summed E-state index contributed by atoms with van der Waals surface area (Å²) in [5.74, 6) is 0. The number of aryl methyl sites for hydroxylation is 2. The second-order valence-electron chi connectivity index (χ2n) is 6.56. The molecule has 5 nitrogen and oxygen atoms in total. The SMILES string of the molecule is CNNc1cc(C)c(-c2nnc(NCCCC3=CCCC=C3)s2)cc1C. The number of allylic oxidation sites excluding steroid dienone is 4. The molecule has 1 aliphatic carbocycles. The predicted octanol–water partition coefficient (Wildman–Crippen LogP) is 4.84. The minimum absolute atomic E-state index is 0.891. The topological polar surface area (TPSA) is 61.9 Å². The van der Waals surface area contributed by atoms with Gasteiger partial charge in [0.1, 0.15) is 5.01 Å². The van der Waals surface area contributed by atoms with E-state index in [-0.39, 0.29) is 0 Å². The second kappa shape index (κ2) is 8.96. The fourth-order valence-corrected chi connectivity index (χ4v) is 3.91. The molecular weight excluding hydrogens is 342 g/mol. The minimum Gasteiger partial charge on any atom is -0.360 e. The summed E-state index contributed by atoms with van der Waals surface area (Å²) >= 11 is 1.62. The van der Waals surface area contributed by atoms with Crippen LogP contribution >= 0.6 is 11.3 Å². The molecule has 138 valence electrons. The van der Waals surface area contributed by atoms with Crippen LogP contribution in [0.1, 0.15) is 36.8 Å². The van der Waals surface area contributed by atoms with E-state index in [2.05, 4.69) is 70.6 Å². The molecule has 2 aromatic rings. The lowest BCUT2D eigenvalue weighted by atomic mass is 10.0. The molecule has 1 aromatic heterocycles. The molecule has 3 rings (SSSR count). The Labute approximate surface area is 159 Å². The molecule has 0 saturated heterocycles. The first kappa shape index (κ1) is 18.6. The fraction of sp³-hybridized carbons (Fsp3) is 0.400. The zero-order valence-corrected chi connectivity index (χ0v) is 16.5. The van der Waals surface area contributed by atoms with E-state index >= 15 is 0 Å². The van der Waals surface area contributed by atoms with Crippen molar-refractivity contribution >= 4 is 22.2 Å². The van der Waals surface area contributed by atoms with Crippen LogP contribution in [0.2, 0.25) is 0 Å². The van der Waals surface area contributed by atoms with Gasteiger partial charge in [-0.15, -0.1) is 10.2 Å². The quantitative estimate of drug-likeness (QED) is 0.459. The molecule has 3 N–H and O–H groups in total. The molecule has 1 aliphatic rings. The highest BCUT2D eigenvalue weighted by Gasteiger charge is 2.11. The van der Waals surface area contributed by atoms with Crippen LogP contribution in [0.3, 0.4) is 0 Å². The molecule has 0 spiro atoms. The van der Waals surface area contributed by atoms with Gasteiger partial charge in [0.05, 0.1) is 5.69 Å². The first-order valence-corrected chi connectivity index (χ1v) is 9.96. The Morgan fingerprint density at radius 3 is 2.77 bits per heavy atom. The Bertz CT molecular complexity index is 807. The van der Waals surface area contributed by atoms with Crippen molar-refractivity contribution in [3.05, 3.63) is 47.1 Å². The van der Waals surface area contributed by atoms with Crippen LogP contribution in [-0.4, -0.2) is 23.8 Å². The van der Waals surface area contributed by atoms with Crippen molar-refractivity contribution in [1.82, 2.24) is 15.6 Å². The summed E-state index contributed by atoms with van der Waals surface area (Å²) in [7, 11) is 1.87. The maximum Gasteiger partial charge on any atom is 0.206 e. The Balaban J connectivity index is 1.58. The van der Waals surface area contributed by atoms with Crippen molar-refractivity contribution in [2.75, 3.05) is 24.3 Å². The van der Waals surface area contributed by atoms with Gasteiger partial charge in [0.15, 0.2) is 0 Å². The molecule has 0 radical (unpaired) electrons. The molecule has 6 heteroatoms. The number of hydrogen-bond donors (Lipinski definition) is 3. The lowest BCUT2D eigenvalue weighted by Gasteiger charge is -2.11. The van der Waals surface area contributed by atoms with E-state index in [1.54, 1.807) is 11.3 Å². The minimum atomic E-state index is 0.891. The molecule has 0 fully saturated rings. The van der Waals surface area contributed by atoms with E-state index in [1.165, 1.54) is 29.5 Å². The lowest BCUT2D eigenvalue weighted by molar-refractivity contribution is 0.846. The van der Waals surface area contributed by atoms with Gasteiger partial charge in [0, 0.05) is 19.2 Å². The van der Waals surface area contributed by atoms with E-state index in [9.17, 15) is 0 Å². The van der Waals surface area contributed by atoms with Gasteiger partial charge in [0.25, 0.3) is 0 Å². The summed E-state index contributed by atoms with van der Waals surface area (Å²) in [6.07, 6.45) is 11.5. The van der Waals surface area contributed by atoms with Crippen LogP contribution < -0.4 is 16.2 Å². The third-order valence-corrected chi connectivity index (χ3v) is 5.39. The standard InChI is InChI=1S/C20H27N5S/c1-14-13-18(23-21-3)15(2)12-17(14)19-24-25-20(26-19)22-11-7-10-16-8-5-4-6-9-16/h5,8-9,12-13,21,23H,4,6-7,10-11H2,1-3H3,(H,22,25). The van der Waals surface area contributed by atoms with Gasteiger partial charge in [-0.2, -0.15) is 0 Å². The van der Waals surface area contributed by atoms with Crippen molar-refractivity contribution in [1.29, 1.82) is 0 Å². The molecule has 0 amide bonds. The van der Waals surface area contributed by atoms with Gasteiger partial charge in [-0.3, -0.25) is 0 Å². The third-order valence-electron chi connectivity index (χ3n) is 4.48. The highest BCUT2D eigenvalue weighted by molar-refractivity contribution is 7.18. The van der Waals surface area contributed by atoms with Gasteiger partial charge >= 0.3 is 0 Å². The van der Waals surface area contributed by atoms with Crippen molar-refractivity contribution in [3.63, 3.8) is 0 Å². The van der Waals surface area contributed by atoms with Gasteiger partial charge in [0.2, 0.25) is 5.13 Å². The van der Waals surface area contributed by atoms with E-state index in [4.69, 9.17) is 0 Å². The van der Waals surface area contributed by atoms with Crippen LogP contribution in [0.15, 0.2) is 35.9 Å². The summed E-state index contributed by atoms with van der Waals surface area (Å²) in [5.41, 5.74) is 12.2. The lowest BCUT2D eigenvalue weighted by Crippen LogP contribution is -2.16. The van der Waals surface area contributed by atoms with Crippen molar-refractivity contribution in [2.24, 2.45) is 0 Å². The van der Waals surface area contributed by atoms with Gasteiger partial charge in [-0.1, -0.05) is 35.1 Å². The molecule has 0 bridgehead atoms. The maximum absolute atomic E-state index is 4.38. The molecule has 26 heavy (non-hydrogen) atoms. The largest absolute Gasteiger partial charge is 0.360 e. The molecule has 1 heterocycles. The molecular formula is C20H27N5S. The number of hydrogen-bond acceptors (Lipinski definition) is 6. The summed E-state index contributed by atoms with van der Waals surface area (Å²) in [6.45, 7) is 5.12. The van der Waals surface area contributed by atoms with Gasteiger partial charge in [-0.05, 0) is 62.8 Å². The van der Waals surface area contributed by atoms with Crippen molar-refractivity contribution in [2.45, 2.75) is 39.5 Å². The van der Waals surface area contributed by atoms with Crippen LogP contribution in [0, 0.1) is 13.8 Å². The van der Waals surface area contributed by atoms with Gasteiger partial charge < -0.3 is 10.7 Å². The predicted molar refractivity (Wildman–Crippen MR) is 112 cm³/mol. The number of anilines is 2. The number of benzene rings is 1. The average Bonchev–Trinajstić information content (AvgIpc) is 3.11. The van der Waals surface area contributed by atoms with Crippen molar-refractivity contribution in [3.8, 4) is 10.6 Å². The van der Waals surface area contributed by atoms with E-state index in [1.807, 2.05) is 7.05 Å². The van der Waals surface area contributed by atoms with E-state index in [0.717, 1.165) is 40.8 Å². The van der Waals surface area contributed by atoms with Crippen molar-refractivity contribution < 1.29 is 0 Å². The summed E-state index contributed by atoms with van der Waals surface area (Å²) in [4.78, 5) is 0. The number of aromatic nitrogens is 2. The fourth-order valence-electron chi connectivity index (χ4n) is 3.06. The third kappa shape index (κ3) is 4.71. The molecule has 0 saturated carbocycles. The highest BCUT2D eigenvalue weighted by atomic mass is 32.1. The normalized spacial score (nSPS) is 13.6. The van der Waals surface area contributed by atoms with Crippen LogP contribution in [0.4, 0.5) is 10.8 Å². The summed E-state index contributed by atoms with van der Waals surface area (Å²) < 4.78 is 0. The molecule has 1 aromatic carbocycles. The smallest absolute Gasteiger partial charge is 0.206 e. The summed E-state index contributed by atoms with van der Waals surface area (Å²) in [5, 5.41) is 14.0. The first-order valence-electron chi connectivity index (χ1n) is 9.14. The van der Waals surface area contributed by atoms with Crippen LogP contribution in [0.25, 0.3) is 10.6 Å². The van der Waals surface area contributed by atoms with E-state index in [0.29, 0.717) is 0 Å². The first-order chi connectivity index (χ1) is 12.7.